The summed E-state index contributed by atoms with van der Waals surface area (Å²) in [7, 11) is 3.31. The van der Waals surface area contributed by atoms with Crippen LogP contribution >= 0.6 is 0 Å². The molecule has 5 heteroatoms. The van der Waals surface area contributed by atoms with Gasteiger partial charge in [0.15, 0.2) is 0 Å². The molecule has 0 aliphatic heterocycles. The number of rotatable bonds is 10. The first-order valence-corrected chi connectivity index (χ1v) is 8.41. The topological polar surface area (TPSA) is 60.0 Å². The number of hydrogen-bond donors (Lipinski definition) is 2. The summed E-state index contributed by atoms with van der Waals surface area (Å²) in [6.45, 7) is 3.47. The molecule has 2 N–H and O–H groups in total. The number of methoxy groups -OCH3 is 2. The molecule has 5 nitrogen and oxygen atoms in total. The van der Waals surface area contributed by atoms with Gasteiger partial charge in [0, 0.05) is 6.54 Å². The average Bonchev–Trinajstić information content (AvgIpc) is 2.63. The standard InChI is InChI=1S/C20H27NO4/c1-15-5-4-6-19(11-15)25-14-17(22)13-21-10-9-16-12-18(23-2)7-8-20(16)24-3/h4-8,11-12,17,21-22H,9-10,13-14H2,1-3H3. The van der Waals surface area contributed by atoms with Crippen LogP contribution in [0.4, 0.5) is 0 Å². The van der Waals surface area contributed by atoms with Crippen molar-refractivity contribution in [3.05, 3.63) is 53.6 Å². The van der Waals surface area contributed by atoms with Crippen molar-refractivity contribution >= 4 is 0 Å². The number of benzene rings is 2. The Morgan fingerprint density at radius 2 is 1.88 bits per heavy atom. The van der Waals surface area contributed by atoms with Gasteiger partial charge in [0.2, 0.25) is 0 Å². The quantitative estimate of drug-likeness (QED) is 0.648. The Hall–Kier alpha value is -2.24. The zero-order valence-corrected chi connectivity index (χ0v) is 15.1. The minimum absolute atomic E-state index is 0.263. The van der Waals surface area contributed by atoms with Crippen LogP contribution in [0.2, 0.25) is 0 Å². The van der Waals surface area contributed by atoms with Gasteiger partial charge in [0.1, 0.15) is 30.0 Å². The second-order valence-corrected chi connectivity index (χ2v) is 5.91. The van der Waals surface area contributed by atoms with E-state index in [1.54, 1.807) is 14.2 Å². The molecular weight excluding hydrogens is 318 g/mol. The third-order valence-corrected chi connectivity index (χ3v) is 3.87. The van der Waals surface area contributed by atoms with Crippen LogP contribution in [0.5, 0.6) is 17.2 Å². The minimum atomic E-state index is -0.562. The largest absolute Gasteiger partial charge is 0.497 e. The fourth-order valence-electron chi connectivity index (χ4n) is 2.53. The van der Waals surface area contributed by atoms with Crippen molar-refractivity contribution in [3.8, 4) is 17.2 Å². The van der Waals surface area contributed by atoms with E-state index >= 15 is 0 Å². The third-order valence-electron chi connectivity index (χ3n) is 3.87. The summed E-state index contributed by atoms with van der Waals surface area (Å²) >= 11 is 0. The highest BCUT2D eigenvalue weighted by Gasteiger charge is 2.07. The Kier molecular flexibility index (Phi) is 7.57. The van der Waals surface area contributed by atoms with Gasteiger partial charge in [-0.05, 0) is 61.3 Å². The average molecular weight is 345 g/mol. The summed E-state index contributed by atoms with van der Waals surface area (Å²) in [5.41, 5.74) is 2.21. The van der Waals surface area contributed by atoms with Gasteiger partial charge in [-0.25, -0.2) is 0 Å². The lowest BCUT2D eigenvalue weighted by Gasteiger charge is -2.14. The van der Waals surface area contributed by atoms with Gasteiger partial charge < -0.3 is 24.6 Å². The first kappa shape index (κ1) is 19.1. The molecule has 0 saturated carbocycles. The van der Waals surface area contributed by atoms with Crippen molar-refractivity contribution < 1.29 is 19.3 Å². The predicted octanol–water partition coefficient (Wildman–Crippen LogP) is 2.58. The smallest absolute Gasteiger partial charge is 0.122 e. The second-order valence-electron chi connectivity index (χ2n) is 5.91. The van der Waals surface area contributed by atoms with Crippen molar-refractivity contribution in [2.75, 3.05) is 33.9 Å². The summed E-state index contributed by atoms with van der Waals surface area (Å²) in [4.78, 5) is 0. The molecule has 0 spiro atoms. The normalized spacial score (nSPS) is 11.8. The molecule has 1 atom stereocenters. The highest BCUT2D eigenvalue weighted by molar-refractivity contribution is 5.40. The molecule has 136 valence electrons. The number of aryl methyl sites for hydroxylation is 1. The van der Waals surface area contributed by atoms with Gasteiger partial charge in [0.05, 0.1) is 14.2 Å². The van der Waals surface area contributed by atoms with Crippen LogP contribution in [0.15, 0.2) is 42.5 Å². The maximum absolute atomic E-state index is 10.0. The number of nitrogens with one attached hydrogen (secondary N) is 1. The molecule has 0 saturated heterocycles. The number of aliphatic hydroxyl groups excluding tert-OH is 1. The minimum Gasteiger partial charge on any atom is -0.497 e. The van der Waals surface area contributed by atoms with Gasteiger partial charge in [-0.15, -0.1) is 0 Å². The van der Waals surface area contributed by atoms with E-state index in [0.29, 0.717) is 6.54 Å². The van der Waals surface area contributed by atoms with Crippen molar-refractivity contribution in [1.29, 1.82) is 0 Å². The summed E-state index contributed by atoms with van der Waals surface area (Å²) in [6.07, 6.45) is 0.221. The summed E-state index contributed by atoms with van der Waals surface area (Å²) in [5, 5.41) is 13.3. The molecule has 0 bridgehead atoms. The molecule has 0 heterocycles. The van der Waals surface area contributed by atoms with Crippen LogP contribution < -0.4 is 19.5 Å². The molecule has 0 fully saturated rings. The molecule has 2 aromatic carbocycles. The lowest BCUT2D eigenvalue weighted by Crippen LogP contribution is -2.32. The van der Waals surface area contributed by atoms with Gasteiger partial charge in [-0.3, -0.25) is 0 Å². The molecular formula is C20H27NO4. The summed E-state index contributed by atoms with van der Waals surface area (Å²) in [5.74, 6) is 2.42. The Labute approximate surface area is 149 Å². The molecule has 25 heavy (non-hydrogen) atoms. The van der Waals surface area contributed by atoms with Gasteiger partial charge in [-0.2, -0.15) is 0 Å². The van der Waals surface area contributed by atoms with E-state index in [2.05, 4.69) is 5.32 Å². The lowest BCUT2D eigenvalue weighted by atomic mass is 10.1. The van der Waals surface area contributed by atoms with Crippen molar-refractivity contribution in [2.45, 2.75) is 19.4 Å². The highest BCUT2D eigenvalue weighted by atomic mass is 16.5. The maximum Gasteiger partial charge on any atom is 0.122 e. The predicted molar refractivity (Wildman–Crippen MR) is 98.8 cm³/mol. The first-order chi connectivity index (χ1) is 12.1. The molecule has 2 rings (SSSR count). The first-order valence-electron chi connectivity index (χ1n) is 8.41. The van der Waals surface area contributed by atoms with E-state index in [4.69, 9.17) is 14.2 Å². The second kappa shape index (κ2) is 9.91. The van der Waals surface area contributed by atoms with Gasteiger partial charge in [-0.1, -0.05) is 12.1 Å². The van der Waals surface area contributed by atoms with Crippen molar-refractivity contribution in [1.82, 2.24) is 5.32 Å². The Bertz CT molecular complexity index is 660. The monoisotopic (exact) mass is 345 g/mol. The number of hydrogen-bond acceptors (Lipinski definition) is 5. The zero-order chi connectivity index (χ0) is 18.1. The Morgan fingerprint density at radius 1 is 1.04 bits per heavy atom. The zero-order valence-electron chi connectivity index (χ0n) is 15.1. The third kappa shape index (κ3) is 6.29. The lowest BCUT2D eigenvalue weighted by molar-refractivity contribution is 0.106. The van der Waals surface area contributed by atoms with Gasteiger partial charge >= 0.3 is 0 Å². The maximum atomic E-state index is 10.0. The Morgan fingerprint density at radius 3 is 2.60 bits per heavy atom. The number of aliphatic hydroxyl groups is 1. The van der Waals surface area contributed by atoms with Crippen molar-refractivity contribution in [3.63, 3.8) is 0 Å². The molecule has 0 aliphatic carbocycles. The summed E-state index contributed by atoms with van der Waals surface area (Å²) < 4.78 is 16.2. The fraction of sp³-hybridized carbons (Fsp3) is 0.400. The molecule has 0 radical (unpaired) electrons. The van der Waals surface area contributed by atoms with Crippen LogP contribution in [0.3, 0.4) is 0 Å². The molecule has 1 unspecified atom stereocenters. The SMILES string of the molecule is COc1ccc(OC)c(CCNCC(O)COc2cccc(C)c2)c1. The fourth-order valence-corrected chi connectivity index (χ4v) is 2.53. The Balaban J connectivity index is 1.72. The summed E-state index contributed by atoms with van der Waals surface area (Å²) in [6, 6.07) is 13.5. The molecule has 2 aromatic rings. The van der Waals surface area contributed by atoms with E-state index in [9.17, 15) is 5.11 Å². The van der Waals surface area contributed by atoms with Crippen LogP contribution in [0.1, 0.15) is 11.1 Å². The van der Waals surface area contributed by atoms with Crippen LogP contribution in [0, 0.1) is 6.92 Å². The molecule has 0 amide bonds. The van der Waals surface area contributed by atoms with Gasteiger partial charge in [0.25, 0.3) is 0 Å². The van der Waals surface area contributed by atoms with E-state index in [1.165, 1.54) is 0 Å². The van der Waals surface area contributed by atoms with Crippen LogP contribution in [-0.4, -0.2) is 45.1 Å². The molecule has 0 aliphatic rings. The van der Waals surface area contributed by atoms with Crippen LogP contribution in [0.25, 0.3) is 0 Å². The molecule has 0 aromatic heterocycles. The number of ether oxygens (including phenoxy) is 3. The van der Waals surface area contributed by atoms with Crippen LogP contribution in [-0.2, 0) is 6.42 Å². The highest BCUT2D eigenvalue weighted by Crippen LogP contribution is 2.24. The van der Waals surface area contributed by atoms with Crippen molar-refractivity contribution in [2.24, 2.45) is 0 Å². The van der Waals surface area contributed by atoms with E-state index in [1.807, 2.05) is 49.4 Å². The van der Waals surface area contributed by atoms with E-state index < -0.39 is 6.10 Å². The van der Waals surface area contributed by atoms with E-state index in [-0.39, 0.29) is 6.61 Å². The van der Waals surface area contributed by atoms with E-state index in [0.717, 1.165) is 41.3 Å².